The second-order valence-corrected chi connectivity index (χ2v) is 6.06. The average molecular weight is 316 g/mol. The van der Waals surface area contributed by atoms with Crippen molar-refractivity contribution in [2.24, 2.45) is 5.41 Å². The number of halogens is 1. The molecule has 1 rings (SSSR count). The van der Waals surface area contributed by atoms with Crippen LogP contribution in [0.1, 0.15) is 25.8 Å². The van der Waals surface area contributed by atoms with Crippen molar-refractivity contribution in [1.29, 1.82) is 0 Å². The van der Waals surface area contributed by atoms with Crippen LogP contribution in [0.2, 0.25) is 0 Å². The first-order valence-electron chi connectivity index (χ1n) is 6.12. The van der Waals surface area contributed by atoms with Crippen LogP contribution >= 0.6 is 15.9 Å². The van der Waals surface area contributed by atoms with Gasteiger partial charge < -0.3 is 15.2 Å². The molecule has 0 saturated heterocycles. The summed E-state index contributed by atoms with van der Waals surface area (Å²) < 4.78 is 6.17. The Balaban J connectivity index is 2.47. The molecule has 102 valence electrons. The highest BCUT2D eigenvalue weighted by molar-refractivity contribution is 9.10. The maximum Gasteiger partial charge on any atom is 0.133 e. The van der Waals surface area contributed by atoms with Crippen LogP contribution in [0.3, 0.4) is 0 Å². The third-order valence-electron chi connectivity index (χ3n) is 2.94. The molecule has 0 aliphatic rings. The highest BCUT2D eigenvalue weighted by Crippen LogP contribution is 2.25. The van der Waals surface area contributed by atoms with Gasteiger partial charge in [-0.15, -0.1) is 0 Å². The van der Waals surface area contributed by atoms with Gasteiger partial charge in [0.1, 0.15) is 5.75 Å². The van der Waals surface area contributed by atoms with Gasteiger partial charge in [-0.05, 0) is 45.5 Å². The Morgan fingerprint density at radius 2 is 2.11 bits per heavy atom. The van der Waals surface area contributed by atoms with Crippen molar-refractivity contribution in [2.45, 2.75) is 26.8 Å². The largest absolute Gasteiger partial charge is 0.496 e. The van der Waals surface area contributed by atoms with Crippen molar-refractivity contribution in [3.63, 3.8) is 0 Å². The van der Waals surface area contributed by atoms with E-state index in [1.807, 2.05) is 6.07 Å². The molecule has 1 aromatic carbocycles. The van der Waals surface area contributed by atoms with E-state index < -0.39 is 0 Å². The zero-order valence-electron chi connectivity index (χ0n) is 11.3. The topological polar surface area (TPSA) is 41.5 Å². The molecule has 0 atom stereocenters. The van der Waals surface area contributed by atoms with Crippen LogP contribution in [0.5, 0.6) is 5.75 Å². The third kappa shape index (κ3) is 4.96. The molecule has 0 spiro atoms. The molecule has 3 nitrogen and oxygen atoms in total. The van der Waals surface area contributed by atoms with Crippen LogP contribution < -0.4 is 10.1 Å². The molecule has 0 radical (unpaired) electrons. The summed E-state index contributed by atoms with van der Waals surface area (Å²) in [6, 6.07) is 6.07. The summed E-state index contributed by atoms with van der Waals surface area (Å²) in [4.78, 5) is 0. The Bertz CT molecular complexity index is 380. The highest BCUT2D eigenvalue weighted by Gasteiger charge is 2.16. The molecule has 0 aromatic heterocycles. The number of nitrogens with one attached hydrogen (secondary N) is 1. The Morgan fingerprint density at radius 1 is 1.39 bits per heavy atom. The minimum Gasteiger partial charge on any atom is -0.496 e. The van der Waals surface area contributed by atoms with Crippen LogP contribution in [0.4, 0.5) is 0 Å². The van der Waals surface area contributed by atoms with Crippen LogP contribution in [0.15, 0.2) is 22.7 Å². The second kappa shape index (κ2) is 7.12. The lowest BCUT2D eigenvalue weighted by molar-refractivity contribution is 0.207. The standard InChI is InChI=1S/C14H22BrNO2/c1-14(2,6-7-17)10-16-9-11-4-5-13(18-3)12(15)8-11/h4-5,8,16-17H,6-7,9-10H2,1-3H3. The second-order valence-electron chi connectivity index (χ2n) is 5.21. The van der Waals surface area contributed by atoms with E-state index in [4.69, 9.17) is 9.84 Å². The number of ether oxygens (including phenoxy) is 1. The minimum absolute atomic E-state index is 0.123. The van der Waals surface area contributed by atoms with E-state index in [1.54, 1.807) is 7.11 Å². The number of rotatable bonds is 7. The van der Waals surface area contributed by atoms with Crippen molar-refractivity contribution in [1.82, 2.24) is 5.32 Å². The molecule has 0 amide bonds. The lowest BCUT2D eigenvalue weighted by atomic mass is 9.90. The first kappa shape index (κ1) is 15.5. The zero-order valence-corrected chi connectivity index (χ0v) is 12.9. The third-order valence-corrected chi connectivity index (χ3v) is 3.56. The molecule has 1 aromatic rings. The summed E-state index contributed by atoms with van der Waals surface area (Å²) in [6.07, 6.45) is 0.812. The Hall–Kier alpha value is -0.580. The summed E-state index contributed by atoms with van der Waals surface area (Å²) in [7, 11) is 1.66. The molecule has 0 fully saturated rings. The van der Waals surface area contributed by atoms with Crippen molar-refractivity contribution < 1.29 is 9.84 Å². The lowest BCUT2D eigenvalue weighted by Gasteiger charge is -2.24. The fourth-order valence-electron chi connectivity index (χ4n) is 1.76. The Kier molecular flexibility index (Phi) is 6.12. The van der Waals surface area contributed by atoms with Gasteiger partial charge in [-0.2, -0.15) is 0 Å². The average Bonchev–Trinajstić information content (AvgIpc) is 2.29. The summed E-state index contributed by atoms with van der Waals surface area (Å²) in [6.45, 7) is 6.25. The van der Waals surface area contributed by atoms with Gasteiger partial charge in [-0.1, -0.05) is 19.9 Å². The molecule has 0 unspecified atom stereocenters. The Labute approximate surface area is 118 Å². The van der Waals surface area contributed by atoms with Gasteiger partial charge in [0.05, 0.1) is 11.6 Å². The van der Waals surface area contributed by atoms with Gasteiger partial charge >= 0.3 is 0 Å². The Morgan fingerprint density at radius 3 is 2.67 bits per heavy atom. The van der Waals surface area contributed by atoms with E-state index in [-0.39, 0.29) is 12.0 Å². The van der Waals surface area contributed by atoms with Crippen molar-refractivity contribution in [3.8, 4) is 5.75 Å². The minimum atomic E-state index is 0.123. The fourth-order valence-corrected chi connectivity index (χ4v) is 2.34. The summed E-state index contributed by atoms with van der Waals surface area (Å²) in [5, 5.41) is 12.4. The smallest absolute Gasteiger partial charge is 0.133 e. The maximum absolute atomic E-state index is 8.96. The first-order chi connectivity index (χ1) is 8.48. The number of aliphatic hydroxyl groups excluding tert-OH is 1. The van der Waals surface area contributed by atoms with E-state index in [0.29, 0.717) is 0 Å². The SMILES string of the molecule is COc1ccc(CNCC(C)(C)CCO)cc1Br. The van der Waals surface area contributed by atoms with Crippen LogP contribution in [0.25, 0.3) is 0 Å². The fraction of sp³-hybridized carbons (Fsp3) is 0.571. The number of benzene rings is 1. The predicted molar refractivity (Wildman–Crippen MR) is 77.9 cm³/mol. The van der Waals surface area contributed by atoms with Gasteiger partial charge in [0.25, 0.3) is 0 Å². The van der Waals surface area contributed by atoms with Crippen LogP contribution in [-0.2, 0) is 6.54 Å². The van der Waals surface area contributed by atoms with Gasteiger partial charge in [0.2, 0.25) is 0 Å². The maximum atomic E-state index is 8.96. The lowest BCUT2D eigenvalue weighted by Crippen LogP contribution is -2.29. The van der Waals surface area contributed by atoms with Gasteiger partial charge in [-0.25, -0.2) is 0 Å². The van der Waals surface area contributed by atoms with E-state index in [2.05, 4.69) is 47.2 Å². The molecule has 0 bridgehead atoms. The molecule has 4 heteroatoms. The van der Waals surface area contributed by atoms with Gasteiger partial charge in [-0.3, -0.25) is 0 Å². The van der Waals surface area contributed by atoms with Gasteiger partial charge in [0.15, 0.2) is 0 Å². The number of hydrogen-bond acceptors (Lipinski definition) is 3. The van der Waals surface area contributed by atoms with Crippen LogP contribution in [0, 0.1) is 5.41 Å². The van der Waals surface area contributed by atoms with Crippen molar-refractivity contribution >= 4 is 15.9 Å². The molecule has 0 heterocycles. The normalized spacial score (nSPS) is 11.6. The van der Waals surface area contributed by atoms with E-state index >= 15 is 0 Å². The van der Waals surface area contributed by atoms with E-state index in [0.717, 1.165) is 29.7 Å². The highest BCUT2D eigenvalue weighted by atomic mass is 79.9. The monoisotopic (exact) mass is 315 g/mol. The molecular weight excluding hydrogens is 294 g/mol. The van der Waals surface area contributed by atoms with Crippen molar-refractivity contribution in [3.05, 3.63) is 28.2 Å². The summed E-state index contributed by atoms with van der Waals surface area (Å²) in [5.41, 5.74) is 1.33. The van der Waals surface area contributed by atoms with E-state index in [1.165, 1.54) is 5.56 Å². The van der Waals surface area contributed by atoms with Crippen molar-refractivity contribution in [2.75, 3.05) is 20.3 Å². The quantitative estimate of drug-likeness (QED) is 0.813. The molecule has 0 saturated carbocycles. The molecule has 2 N–H and O–H groups in total. The summed E-state index contributed by atoms with van der Waals surface area (Å²) in [5.74, 6) is 0.847. The predicted octanol–water partition coefficient (Wildman–Crippen LogP) is 2.96. The molecule has 0 aliphatic carbocycles. The first-order valence-corrected chi connectivity index (χ1v) is 6.92. The molecule has 0 aliphatic heterocycles. The van der Waals surface area contributed by atoms with Gasteiger partial charge in [0, 0.05) is 19.7 Å². The number of aliphatic hydroxyl groups is 1. The molecular formula is C14H22BrNO2. The number of hydrogen-bond donors (Lipinski definition) is 2. The molecule has 18 heavy (non-hydrogen) atoms. The summed E-state index contributed by atoms with van der Waals surface area (Å²) >= 11 is 3.48. The van der Waals surface area contributed by atoms with E-state index in [9.17, 15) is 0 Å². The number of methoxy groups -OCH3 is 1. The van der Waals surface area contributed by atoms with Crippen LogP contribution in [-0.4, -0.2) is 25.4 Å². The zero-order chi connectivity index (χ0) is 13.6.